The van der Waals surface area contributed by atoms with Crippen LogP contribution in [-0.2, 0) is 10.0 Å². The topological polar surface area (TPSA) is 84.0 Å². The number of sulfonamides is 1. The fraction of sp³-hybridized carbons (Fsp3) is 0.231. The normalized spacial score (nSPS) is 11.1. The van der Waals surface area contributed by atoms with E-state index >= 15 is 0 Å². The maximum Gasteiger partial charge on any atom is 0.263 e. The molecule has 0 spiro atoms. The van der Waals surface area contributed by atoms with Crippen LogP contribution in [0.25, 0.3) is 0 Å². The van der Waals surface area contributed by atoms with E-state index in [1.165, 1.54) is 24.5 Å². The number of hydrogen-bond acceptors (Lipinski definition) is 5. The van der Waals surface area contributed by atoms with Gasteiger partial charge in [-0.25, -0.2) is 18.4 Å². The molecule has 0 amide bonds. The van der Waals surface area contributed by atoms with E-state index in [0.29, 0.717) is 5.82 Å². The quantitative estimate of drug-likeness (QED) is 0.816. The summed E-state index contributed by atoms with van der Waals surface area (Å²) in [5.74, 6) is 0.793. The molecule has 2 aromatic heterocycles. The monoisotopic (exact) mass is 370 g/mol. The van der Waals surface area contributed by atoms with Crippen molar-refractivity contribution < 1.29 is 8.42 Å². The number of nitrogens with one attached hydrogen (secondary N) is 2. The average molecular weight is 371 g/mol. The molecule has 2 aromatic rings. The summed E-state index contributed by atoms with van der Waals surface area (Å²) in [6, 6.07) is 6.24. The van der Waals surface area contributed by atoms with Gasteiger partial charge in [0, 0.05) is 29.5 Å². The van der Waals surface area contributed by atoms with Crippen LogP contribution in [0.4, 0.5) is 11.6 Å². The van der Waals surface area contributed by atoms with Gasteiger partial charge in [-0.05, 0) is 40.5 Å². The van der Waals surface area contributed by atoms with Crippen molar-refractivity contribution in [1.82, 2.24) is 9.97 Å². The van der Waals surface area contributed by atoms with Crippen LogP contribution in [0, 0.1) is 0 Å². The van der Waals surface area contributed by atoms with Crippen molar-refractivity contribution in [2.24, 2.45) is 0 Å². The molecule has 0 radical (unpaired) electrons. The van der Waals surface area contributed by atoms with E-state index < -0.39 is 10.0 Å². The third-order valence-electron chi connectivity index (χ3n) is 2.56. The van der Waals surface area contributed by atoms with Crippen molar-refractivity contribution in [3.05, 3.63) is 41.1 Å². The second-order valence-electron chi connectivity index (χ2n) is 4.27. The molecule has 112 valence electrons. The van der Waals surface area contributed by atoms with Crippen LogP contribution in [0.1, 0.15) is 13.3 Å². The van der Waals surface area contributed by atoms with Crippen molar-refractivity contribution in [2.45, 2.75) is 18.2 Å². The first kappa shape index (κ1) is 15.7. The Balaban J connectivity index is 2.20. The zero-order valence-corrected chi connectivity index (χ0v) is 13.8. The van der Waals surface area contributed by atoms with Gasteiger partial charge in [0.1, 0.15) is 11.6 Å². The van der Waals surface area contributed by atoms with E-state index in [-0.39, 0.29) is 10.7 Å². The van der Waals surface area contributed by atoms with Gasteiger partial charge in [0.05, 0.1) is 4.90 Å². The van der Waals surface area contributed by atoms with Crippen LogP contribution in [0.5, 0.6) is 0 Å². The lowest BCUT2D eigenvalue weighted by molar-refractivity contribution is 0.601. The molecule has 0 unspecified atom stereocenters. The first-order chi connectivity index (χ1) is 10.0. The van der Waals surface area contributed by atoms with Crippen molar-refractivity contribution in [1.29, 1.82) is 0 Å². The van der Waals surface area contributed by atoms with Crippen molar-refractivity contribution in [2.75, 3.05) is 16.6 Å². The molecule has 0 aliphatic carbocycles. The first-order valence-electron chi connectivity index (χ1n) is 6.35. The molecule has 0 fully saturated rings. The molecule has 0 atom stereocenters. The number of rotatable bonds is 6. The summed E-state index contributed by atoms with van der Waals surface area (Å²) in [4.78, 5) is 8.22. The van der Waals surface area contributed by atoms with Gasteiger partial charge in [-0.3, -0.25) is 4.72 Å². The van der Waals surface area contributed by atoms with E-state index in [0.717, 1.165) is 17.4 Å². The first-order valence-corrected chi connectivity index (χ1v) is 8.63. The number of halogens is 1. The Hall–Kier alpha value is -1.67. The minimum absolute atomic E-state index is 0.140. The van der Waals surface area contributed by atoms with Gasteiger partial charge in [0.15, 0.2) is 0 Å². The number of hydrogen-bond donors (Lipinski definition) is 2. The number of anilines is 2. The summed E-state index contributed by atoms with van der Waals surface area (Å²) in [6.45, 7) is 2.76. The molecule has 0 bridgehead atoms. The minimum Gasteiger partial charge on any atom is -0.370 e. The highest BCUT2D eigenvalue weighted by molar-refractivity contribution is 9.10. The van der Waals surface area contributed by atoms with Crippen LogP contribution in [0.15, 0.2) is 46.0 Å². The predicted octanol–water partition coefficient (Wildman–Crippen LogP) is 2.86. The molecule has 0 aromatic carbocycles. The maximum atomic E-state index is 12.3. The lowest BCUT2D eigenvalue weighted by Crippen LogP contribution is -2.14. The fourth-order valence-electron chi connectivity index (χ4n) is 1.56. The van der Waals surface area contributed by atoms with Crippen LogP contribution in [0.2, 0.25) is 0 Å². The number of nitrogens with zero attached hydrogens (tertiary/aromatic N) is 2. The van der Waals surface area contributed by atoms with Crippen molar-refractivity contribution in [3.63, 3.8) is 0 Å². The second kappa shape index (κ2) is 6.86. The standard InChI is InChI=1S/C13H15BrN4O2S/c1-2-6-15-13-8-11(5-7-16-13)21(19,20)18-12-4-3-10(14)9-17-12/h3-5,7-9H,2,6H2,1H3,(H,15,16)(H,17,18). The molecular weight excluding hydrogens is 356 g/mol. The lowest BCUT2D eigenvalue weighted by atomic mass is 10.4. The molecule has 2 rings (SSSR count). The SMILES string of the molecule is CCCNc1cc(S(=O)(=O)Nc2ccc(Br)cn2)ccn1. The summed E-state index contributed by atoms with van der Waals surface area (Å²) in [5.41, 5.74) is 0. The molecule has 0 aliphatic heterocycles. The molecule has 2 heterocycles. The van der Waals surface area contributed by atoms with Crippen LogP contribution in [0.3, 0.4) is 0 Å². The Morgan fingerprint density at radius 1 is 1.19 bits per heavy atom. The summed E-state index contributed by atoms with van der Waals surface area (Å²) in [7, 11) is -3.68. The van der Waals surface area contributed by atoms with Crippen LogP contribution >= 0.6 is 15.9 Å². The highest BCUT2D eigenvalue weighted by Gasteiger charge is 2.15. The lowest BCUT2D eigenvalue weighted by Gasteiger charge is -2.09. The van der Waals surface area contributed by atoms with Gasteiger partial charge in [-0.1, -0.05) is 6.92 Å². The van der Waals surface area contributed by atoms with Crippen LogP contribution in [-0.4, -0.2) is 24.9 Å². The summed E-state index contributed by atoms with van der Waals surface area (Å²) < 4.78 is 27.8. The van der Waals surface area contributed by atoms with Crippen LogP contribution < -0.4 is 10.0 Å². The molecule has 0 aliphatic rings. The van der Waals surface area contributed by atoms with Gasteiger partial charge in [-0.2, -0.15) is 0 Å². The van der Waals surface area contributed by atoms with E-state index in [9.17, 15) is 8.42 Å². The Morgan fingerprint density at radius 2 is 2.00 bits per heavy atom. The fourth-order valence-corrected chi connectivity index (χ4v) is 2.82. The summed E-state index contributed by atoms with van der Waals surface area (Å²) >= 11 is 3.25. The highest BCUT2D eigenvalue weighted by atomic mass is 79.9. The molecule has 8 heteroatoms. The molecule has 2 N–H and O–H groups in total. The third kappa shape index (κ3) is 4.40. The van der Waals surface area contributed by atoms with Gasteiger partial charge >= 0.3 is 0 Å². The zero-order chi connectivity index (χ0) is 15.3. The number of aromatic nitrogens is 2. The summed E-state index contributed by atoms with van der Waals surface area (Å²) in [5, 5.41) is 3.05. The molecule has 21 heavy (non-hydrogen) atoms. The van der Waals surface area contributed by atoms with Gasteiger partial charge in [-0.15, -0.1) is 0 Å². The smallest absolute Gasteiger partial charge is 0.263 e. The summed E-state index contributed by atoms with van der Waals surface area (Å²) in [6.07, 6.45) is 3.92. The van der Waals surface area contributed by atoms with Gasteiger partial charge < -0.3 is 5.32 Å². The Labute approximate surface area is 132 Å². The average Bonchev–Trinajstić information content (AvgIpc) is 2.48. The molecule has 6 nitrogen and oxygen atoms in total. The van der Waals surface area contributed by atoms with Gasteiger partial charge in [0.2, 0.25) is 0 Å². The predicted molar refractivity (Wildman–Crippen MR) is 85.8 cm³/mol. The molecular formula is C13H15BrN4O2S. The maximum absolute atomic E-state index is 12.3. The van der Waals surface area contributed by atoms with Crippen molar-refractivity contribution in [3.8, 4) is 0 Å². The second-order valence-corrected chi connectivity index (χ2v) is 6.87. The minimum atomic E-state index is -3.68. The largest absolute Gasteiger partial charge is 0.370 e. The van der Waals surface area contributed by atoms with Crippen molar-refractivity contribution >= 4 is 37.6 Å². The van der Waals surface area contributed by atoms with E-state index in [1.54, 1.807) is 12.1 Å². The Bertz CT molecular complexity index is 704. The molecule has 0 saturated carbocycles. The highest BCUT2D eigenvalue weighted by Crippen LogP contribution is 2.17. The number of pyridine rings is 2. The Morgan fingerprint density at radius 3 is 2.67 bits per heavy atom. The third-order valence-corrected chi connectivity index (χ3v) is 4.39. The van der Waals surface area contributed by atoms with Gasteiger partial charge in [0.25, 0.3) is 10.0 Å². The Kier molecular flexibility index (Phi) is 5.13. The molecule has 0 saturated heterocycles. The van der Waals surface area contributed by atoms with E-state index in [2.05, 4.69) is 35.9 Å². The van der Waals surface area contributed by atoms with E-state index in [1.807, 2.05) is 6.92 Å². The van der Waals surface area contributed by atoms with E-state index in [4.69, 9.17) is 0 Å². The zero-order valence-electron chi connectivity index (χ0n) is 11.4.